The molecule has 0 bridgehead atoms. The first-order valence-corrected chi connectivity index (χ1v) is 6.43. The van der Waals surface area contributed by atoms with Crippen molar-refractivity contribution in [3.8, 4) is 0 Å². The van der Waals surface area contributed by atoms with Crippen LogP contribution in [0.15, 0.2) is 18.2 Å². The number of methoxy groups -OCH3 is 1. The zero-order valence-corrected chi connectivity index (χ0v) is 12.6. The molecular formula is C15H21NO4. The number of ether oxygens (including phenoxy) is 2. The Morgan fingerprint density at radius 3 is 2.25 bits per heavy atom. The Morgan fingerprint density at radius 1 is 1.25 bits per heavy atom. The molecule has 1 unspecified atom stereocenters. The maximum absolute atomic E-state index is 12.3. The van der Waals surface area contributed by atoms with Crippen LogP contribution in [0.25, 0.3) is 0 Å². The van der Waals surface area contributed by atoms with Gasteiger partial charge in [-0.1, -0.05) is 18.2 Å². The second kappa shape index (κ2) is 7.05. The van der Waals surface area contributed by atoms with Crippen LogP contribution in [-0.4, -0.2) is 31.8 Å². The van der Waals surface area contributed by atoms with Crippen LogP contribution in [0, 0.1) is 13.8 Å². The number of nitrogens with zero attached hydrogens (tertiary/aromatic N) is 1. The van der Waals surface area contributed by atoms with Crippen LogP contribution in [0.1, 0.15) is 25.0 Å². The van der Waals surface area contributed by atoms with Crippen molar-refractivity contribution in [3.63, 3.8) is 0 Å². The highest BCUT2D eigenvalue weighted by molar-refractivity contribution is 5.96. The first kappa shape index (κ1) is 16.2. The summed E-state index contributed by atoms with van der Waals surface area (Å²) in [6.45, 7) is 6.74. The molecule has 0 spiro atoms. The molecule has 5 heteroatoms. The van der Waals surface area contributed by atoms with E-state index in [4.69, 9.17) is 9.47 Å². The number of para-hydroxylation sites is 1. The van der Waals surface area contributed by atoms with Gasteiger partial charge >= 0.3 is 5.97 Å². The van der Waals surface area contributed by atoms with E-state index in [-0.39, 0.29) is 12.5 Å². The Hall–Kier alpha value is -1.88. The molecule has 1 atom stereocenters. The Bertz CT molecular complexity index is 478. The van der Waals surface area contributed by atoms with Crippen molar-refractivity contribution >= 4 is 17.6 Å². The van der Waals surface area contributed by atoms with Crippen molar-refractivity contribution in [2.75, 3.05) is 18.6 Å². The summed E-state index contributed by atoms with van der Waals surface area (Å²) in [5, 5.41) is 0. The molecule has 1 aromatic rings. The quantitative estimate of drug-likeness (QED) is 0.612. The van der Waals surface area contributed by atoms with E-state index in [1.54, 1.807) is 6.92 Å². The summed E-state index contributed by atoms with van der Waals surface area (Å²) in [5.41, 5.74) is 2.63. The second-order valence-electron chi connectivity index (χ2n) is 4.65. The summed E-state index contributed by atoms with van der Waals surface area (Å²) < 4.78 is 10.1. The smallest absolute Gasteiger partial charge is 0.304 e. The van der Waals surface area contributed by atoms with Gasteiger partial charge in [0.15, 0.2) is 6.23 Å². The van der Waals surface area contributed by atoms with Crippen molar-refractivity contribution < 1.29 is 19.1 Å². The van der Waals surface area contributed by atoms with Crippen molar-refractivity contribution in [2.45, 2.75) is 33.9 Å². The molecule has 0 heterocycles. The molecule has 0 fully saturated rings. The average Bonchev–Trinajstić information content (AvgIpc) is 2.33. The van der Waals surface area contributed by atoms with Gasteiger partial charge in [0.25, 0.3) is 5.91 Å². The summed E-state index contributed by atoms with van der Waals surface area (Å²) >= 11 is 0. The fourth-order valence-corrected chi connectivity index (χ4v) is 2.18. The number of carbonyl (C=O) groups is 2. The fourth-order valence-electron chi connectivity index (χ4n) is 2.18. The molecule has 0 saturated carbocycles. The lowest BCUT2D eigenvalue weighted by Crippen LogP contribution is -2.43. The van der Waals surface area contributed by atoms with Gasteiger partial charge in [0.05, 0.1) is 5.69 Å². The predicted octanol–water partition coefficient (Wildman–Crippen LogP) is 2.19. The number of benzene rings is 1. The van der Waals surface area contributed by atoms with E-state index in [9.17, 15) is 9.59 Å². The van der Waals surface area contributed by atoms with Gasteiger partial charge in [0.1, 0.15) is 6.61 Å². The summed E-state index contributed by atoms with van der Waals surface area (Å²) in [7, 11) is 1.46. The van der Waals surface area contributed by atoms with Gasteiger partial charge < -0.3 is 9.47 Å². The van der Waals surface area contributed by atoms with E-state index in [1.165, 1.54) is 18.9 Å². The van der Waals surface area contributed by atoms with Gasteiger partial charge in [0, 0.05) is 14.0 Å². The number of amides is 1. The molecule has 0 aliphatic carbocycles. The Labute approximate surface area is 119 Å². The number of esters is 1. The number of carbonyl (C=O) groups excluding carboxylic acids is 2. The summed E-state index contributed by atoms with van der Waals surface area (Å²) in [4.78, 5) is 24.9. The van der Waals surface area contributed by atoms with Crippen LogP contribution in [-0.2, 0) is 19.1 Å². The van der Waals surface area contributed by atoms with Crippen molar-refractivity contribution in [1.29, 1.82) is 0 Å². The van der Waals surface area contributed by atoms with E-state index in [0.717, 1.165) is 16.8 Å². The zero-order chi connectivity index (χ0) is 15.3. The summed E-state index contributed by atoms with van der Waals surface area (Å²) in [5.74, 6) is -0.683. The molecule has 0 aliphatic heterocycles. The highest BCUT2D eigenvalue weighted by atomic mass is 16.6. The van der Waals surface area contributed by atoms with Gasteiger partial charge in [-0.3, -0.25) is 14.5 Å². The van der Waals surface area contributed by atoms with Crippen LogP contribution in [0.4, 0.5) is 5.69 Å². The van der Waals surface area contributed by atoms with Crippen molar-refractivity contribution in [2.24, 2.45) is 0 Å². The van der Waals surface area contributed by atoms with Crippen molar-refractivity contribution in [3.05, 3.63) is 29.3 Å². The largest absolute Gasteiger partial charge is 0.442 e. The normalized spacial score (nSPS) is 11.8. The minimum atomic E-state index is -0.685. The van der Waals surface area contributed by atoms with E-state index in [0.29, 0.717) is 0 Å². The maximum atomic E-state index is 12.3. The third-order valence-electron chi connectivity index (χ3n) is 2.92. The molecule has 20 heavy (non-hydrogen) atoms. The molecule has 0 aliphatic rings. The summed E-state index contributed by atoms with van der Waals surface area (Å²) in [6.07, 6.45) is -0.685. The molecule has 5 nitrogen and oxygen atoms in total. The number of hydrogen-bond donors (Lipinski definition) is 0. The standard InChI is InChI=1S/C15H21NO4/c1-10-7-6-8-11(2)15(10)16(14(18)9-19-5)12(3)20-13(4)17/h6-8,12H,9H2,1-5H3. The molecule has 110 valence electrons. The van der Waals surface area contributed by atoms with Gasteiger partial charge in [-0.15, -0.1) is 0 Å². The fraction of sp³-hybridized carbons (Fsp3) is 0.467. The molecule has 0 saturated heterocycles. The third-order valence-corrected chi connectivity index (χ3v) is 2.92. The van der Waals surface area contributed by atoms with E-state index < -0.39 is 12.2 Å². The first-order valence-electron chi connectivity index (χ1n) is 6.43. The third kappa shape index (κ3) is 3.81. The lowest BCUT2D eigenvalue weighted by molar-refractivity contribution is -0.146. The highest BCUT2D eigenvalue weighted by Gasteiger charge is 2.26. The van der Waals surface area contributed by atoms with Crippen LogP contribution in [0.3, 0.4) is 0 Å². The maximum Gasteiger partial charge on any atom is 0.304 e. The molecule has 1 rings (SSSR count). The minimum Gasteiger partial charge on any atom is -0.442 e. The molecular weight excluding hydrogens is 258 g/mol. The summed E-state index contributed by atoms with van der Waals surface area (Å²) in [6, 6.07) is 5.75. The van der Waals surface area contributed by atoms with Crippen LogP contribution >= 0.6 is 0 Å². The Morgan fingerprint density at radius 2 is 1.80 bits per heavy atom. The van der Waals surface area contributed by atoms with Gasteiger partial charge in [-0.25, -0.2) is 0 Å². The van der Waals surface area contributed by atoms with Gasteiger partial charge in [-0.05, 0) is 31.9 Å². The van der Waals surface area contributed by atoms with Crippen LogP contribution in [0.5, 0.6) is 0 Å². The molecule has 0 radical (unpaired) electrons. The Balaban J connectivity index is 3.22. The number of aryl methyl sites for hydroxylation is 2. The predicted molar refractivity (Wildman–Crippen MR) is 76.5 cm³/mol. The second-order valence-corrected chi connectivity index (χ2v) is 4.65. The monoisotopic (exact) mass is 279 g/mol. The van der Waals surface area contributed by atoms with Crippen molar-refractivity contribution in [1.82, 2.24) is 0 Å². The number of rotatable bonds is 5. The zero-order valence-electron chi connectivity index (χ0n) is 12.6. The topological polar surface area (TPSA) is 55.8 Å². The minimum absolute atomic E-state index is 0.0701. The first-order chi connectivity index (χ1) is 9.38. The molecule has 0 aromatic heterocycles. The highest BCUT2D eigenvalue weighted by Crippen LogP contribution is 2.27. The van der Waals surface area contributed by atoms with E-state index >= 15 is 0 Å². The van der Waals surface area contributed by atoms with E-state index in [2.05, 4.69) is 0 Å². The molecule has 1 aromatic carbocycles. The molecule has 1 amide bonds. The van der Waals surface area contributed by atoms with Crippen LogP contribution in [0.2, 0.25) is 0 Å². The van der Waals surface area contributed by atoms with Gasteiger partial charge in [0.2, 0.25) is 0 Å². The number of hydrogen-bond acceptors (Lipinski definition) is 4. The SMILES string of the molecule is COCC(=O)N(c1c(C)cccc1C)C(C)OC(C)=O. The average molecular weight is 279 g/mol. The van der Waals surface area contributed by atoms with Gasteiger partial charge in [-0.2, -0.15) is 0 Å². The lowest BCUT2D eigenvalue weighted by atomic mass is 10.1. The number of anilines is 1. The van der Waals surface area contributed by atoms with E-state index in [1.807, 2.05) is 32.0 Å². The Kier molecular flexibility index (Phi) is 5.70. The lowest BCUT2D eigenvalue weighted by Gasteiger charge is -2.31. The molecule has 0 N–H and O–H groups in total. The van der Waals surface area contributed by atoms with Crippen LogP contribution < -0.4 is 4.90 Å².